The summed E-state index contributed by atoms with van der Waals surface area (Å²) in [6, 6.07) is 13.6. The molecule has 156 valence electrons. The van der Waals surface area contributed by atoms with E-state index in [0.717, 1.165) is 19.5 Å². The highest BCUT2D eigenvalue weighted by Crippen LogP contribution is 2.11. The number of pyridine rings is 1. The Balaban J connectivity index is 2.07. The summed E-state index contributed by atoms with van der Waals surface area (Å²) in [5, 5.41) is 3.01. The summed E-state index contributed by atoms with van der Waals surface area (Å²) in [5.41, 5.74) is 2.41. The van der Waals surface area contributed by atoms with Gasteiger partial charge in [-0.3, -0.25) is 9.69 Å². The number of esters is 1. The molecule has 2 aromatic rings. The number of aromatic nitrogens is 1. The van der Waals surface area contributed by atoms with E-state index in [1.54, 1.807) is 26.0 Å². The minimum Gasteiger partial charge on any atom is -0.462 e. The number of hydrogen-bond donors (Lipinski definition) is 1. The molecule has 0 aliphatic carbocycles. The zero-order chi connectivity index (χ0) is 21.2. The van der Waals surface area contributed by atoms with Gasteiger partial charge in [-0.25, -0.2) is 9.78 Å². The number of carbonyl (C=O) groups excluding carboxylic acids is 2. The van der Waals surface area contributed by atoms with Gasteiger partial charge in [0.1, 0.15) is 5.69 Å². The normalized spacial score (nSPS) is 11.9. The number of nitrogens with one attached hydrogen (secondary N) is 1. The summed E-state index contributed by atoms with van der Waals surface area (Å²) in [7, 11) is 0. The van der Waals surface area contributed by atoms with Crippen molar-refractivity contribution in [3.63, 3.8) is 0 Å². The zero-order valence-corrected chi connectivity index (χ0v) is 17.8. The molecule has 1 unspecified atom stereocenters. The van der Waals surface area contributed by atoms with E-state index in [1.165, 1.54) is 5.56 Å². The van der Waals surface area contributed by atoms with Crippen LogP contribution in [-0.2, 0) is 11.2 Å². The Hall–Kier alpha value is -2.73. The van der Waals surface area contributed by atoms with E-state index >= 15 is 0 Å². The second-order valence-corrected chi connectivity index (χ2v) is 6.82. The second-order valence-electron chi connectivity index (χ2n) is 6.82. The van der Waals surface area contributed by atoms with Crippen LogP contribution in [0.5, 0.6) is 0 Å². The zero-order valence-electron chi connectivity index (χ0n) is 17.8. The van der Waals surface area contributed by atoms with Crippen molar-refractivity contribution in [2.75, 3.05) is 26.2 Å². The van der Waals surface area contributed by atoms with Crippen molar-refractivity contribution < 1.29 is 14.3 Å². The Kier molecular flexibility index (Phi) is 8.80. The van der Waals surface area contributed by atoms with Crippen LogP contribution in [0.25, 0.3) is 0 Å². The number of rotatable bonds is 10. The number of aryl methyl sites for hydroxylation is 1. The van der Waals surface area contributed by atoms with Crippen LogP contribution < -0.4 is 5.32 Å². The average Bonchev–Trinajstić information content (AvgIpc) is 2.73. The van der Waals surface area contributed by atoms with Crippen molar-refractivity contribution in [2.24, 2.45) is 0 Å². The quantitative estimate of drug-likeness (QED) is 0.623. The maximum absolute atomic E-state index is 12.7. The molecule has 0 spiro atoms. The highest BCUT2D eigenvalue weighted by atomic mass is 16.5. The van der Waals surface area contributed by atoms with E-state index in [9.17, 15) is 9.59 Å². The number of amides is 1. The molecule has 0 aliphatic heterocycles. The highest BCUT2D eigenvalue weighted by molar-refractivity contribution is 5.95. The summed E-state index contributed by atoms with van der Waals surface area (Å²) in [6.45, 7) is 10.4. The number of carbonyl (C=O) groups is 2. The van der Waals surface area contributed by atoms with E-state index in [0.29, 0.717) is 30.1 Å². The van der Waals surface area contributed by atoms with Crippen molar-refractivity contribution in [2.45, 2.75) is 40.2 Å². The molecule has 0 saturated carbocycles. The third-order valence-electron chi connectivity index (χ3n) is 4.95. The molecule has 1 N–H and O–H groups in total. The van der Waals surface area contributed by atoms with Gasteiger partial charge in [0.25, 0.3) is 5.91 Å². The molecule has 1 heterocycles. The Labute approximate surface area is 173 Å². The molecule has 1 aromatic heterocycles. The van der Waals surface area contributed by atoms with Crippen LogP contribution in [0, 0.1) is 6.92 Å². The van der Waals surface area contributed by atoms with E-state index in [-0.39, 0.29) is 11.9 Å². The average molecular weight is 398 g/mol. The summed E-state index contributed by atoms with van der Waals surface area (Å²) < 4.78 is 5.01. The first-order valence-corrected chi connectivity index (χ1v) is 10.2. The van der Waals surface area contributed by atoms with E-state index < -0.39 is 5.97 Å². The Bertz CT molecular complexity index is 804. The first kappa shape index (κ1) is 22.6. The van der Waals surface area contributed by atoms with Gasteiger partial charge in [-0.2, -0.15) is 0 Å². The molecular formula is C23H31N3O3. The third-order valence-corrected chi connectivity index (χ3v) is 4.95. The Morgan fingerprint density at radius 1 is 1.07 bits per heavy atom. The van der Waals surface area contributed by atoms with Crippen LogP contribution in [0.1, 0.15) is 52.9 Å². The van der Waals surface area contributed by atoms with Gasteiger partial charge in [0.2, 0.25) is 0 Å². The van der Waals surface area contributed by atoms with Crippen LogP contribution in [0.3, 0.4) is 0 Å². The lowest BCUT2D eigenvalue weighted by Gasteiger charge is -2.30. The van der Waals surface area contributed by atoms with Crippen LogP contribution in [0.4, 0.5) is 0 Å². The smallest absolute Gasteiger partial charge is 0.339 e. The predicted molar refractivity (Wildman–Crippen MR) is 114 cm³/mol. The first-order chi connectivity index (χ1) is 14.0. The summed E-state index contributed by atoms with van der Waals surface area (Å²) >= 11 is 0. The van der Waals surface area contributed by atoms with Crippen molar-refractivity contribution in [1.29, 1.82) is 0 Å². The Morgan fingerprint density at radius 2 is 1.76 bits per heavy atom. The van der Waals surface area contributed by atoms with Gasteiger partial charge in [-0.15, -0.1) is 0 Å². The van der Waals surface area contributed by atoms with Gasteiger partial charge >= 0.3 is 5.97 Å². The maximum Gasteiger partial charge on any atom is 0.339 e. The highest BCUT2D eigenvalue weighted by Gasteiger charge is 2.19. The van der Waals surface area contributed by atoms with Crippen LogP contribution in [0.15, 0.2) is 42.5 Å². The lowest BCUT2D eigenvalue weighted by molar-refractivity contribution is 0.0524. The fourth-order valence-electron chi connectivity index (χ4n) is 3.37. The number of likely N-dealkylation sites (N-methyl/N-ethyl adjacent to an activating group) is 1. The van der Waals surface area contributed by atoms with E-state index in [1.807, 2.05) is 18.2 Å². The molecule has 0 bridgehead atoms. The maximum atomic E-state index is 12.7. The summed E-state index contributed by atoms with van der Waals surface area (Å²) in [6.07, 6.45) is 0.858. The van der Waals surface area contributed by atoms with Crippen molar-refractivity contribution in [3.8, 4) is 0 Å². The standard InChI is InChI=1S/C23H31N3O3/c1-5-26(6-2)19(15-18-11-9-8-10-12-18)16-24-22(27)21-14-13-20(17(4)25-21)23(28)29-7-3/h8-14,19H,5-7,15-16H2,1-4H3,(H,24,27). The van der Waals surface area contributed by atoms with Crippen molar-refractivity contribution in [3.05, 3.63) is 65.0 Å². The van der Waals surface area contributed by atoms with Gasteiger partial charge in [0, 0.05) is 12.6 Å². The SMILES string of the molecule is CCOC(=O)c1ccc(C(=O)NCC(Cc2ccccc2)N(CC)CC)nc1C. The lowest BCUT2D eigenvalue weighted by Crippen LogP contribution is -2.45. The number of benzene rings is 1. The van der Waals surface area contributed by atoms with Gasteiger partial charge in [0.15, 0.2) is 0 Å². The molecule has 0 aliphatic rings. The molecule has 0 radical (unpaired) electrons. The molecule has 1 amide bonds. The van der Waals surface area contributed by atoms with Gasteiger partial charge < -0.3 is 10.1 Å². The largest absolute Gasteiger partial charge is 0.462 e. The fourth-order valence-corrected chi connectivity index (χ4v) is 3.37. The molecule has 1 aromatic carbocycles. The minimum atomic E-state index is -0.422. The van der Waals surface area contributed by atoms with Crippen LogP contribution in [-0.4, -0.2) is 54.0 Å². The molecule has 2 rings (SSSR count). The van der Waals surface area contributed by atoms with E-state index in [4.69, 9.17) is 4.74 Å². The molecule has 29 heavy (non-hydrogen) atoms. The Morgan fingerprint density at radius 3 is 2.34 bits per heavy atom. The fraction of sp³-hybridized carbons (Fsp3) is 0.435. The summed E-state index contributed by atoms with van der Waals surface area (Å²) in [5.74, 6) is -0.664. The number of nitrogens with zero attached hydrogens (tertiary/aromatic N) is 2. The van der Waals surface area contributed by atoms with Crippen molar-refractivity contribution in [1.82, 2.24) is 15.2 Å². The molecule has 0 fully saturated rings. The monoisotopic (exact) mass is 397 g/mol. The van der Waals surface area contributed by atoms with Crippen LogP contribution >= 0.6 is 0 Å². The molecule has 6 heteroatoms. The molecule has 1 atom stereocenters. The third kappa shape index (κ3) is 6.39. The van der Waals surface area contributed by atoms with Gasteiger partial charge in [-0.05, 0) is 51.1 Å². The molecule has 0 saturated heterocycles. The number of ether oxygens (including phenoxy) is 1. The van der Waals surface area contributed by atoms with Crippen LogP contribution in [0.2, 0.25) is 0 Å². The molecule has 6 nitrogen and oxygen atoms in total. The van der Waals surface area contributed by atoms with Crippen molar-refractivity contribution >= 4 is 11.9 Å². The van der Waals surface area contributed by atoms with Gasteiger partial charge in [-0.1, -0.05) is 44.2 Å². The van der Waals surface area contributed by atoms with E-state index in [2.05, 4.69) is 41.2 Å². The number of hydrogen-bond acceptors (Lipinski definition) is 5. The molecular weight excluding hydrogens is 366 g/mol. The topological polar surface area (TPSA) is 71.5 Å². The lowest BCUT2D eigenvalue weighted by atomic mass is 10.0. The summed E-state index contributed by atoms with van der Waals surface area (Å²) in [4.78, 5) is 31.2. The second kappa shape index (κ2) is 11.3. The first-order valence-electron chi connectivity index (χ1n) is 10.2. The van der Waals surface area contributed by atoms with Gasteiger partial charge in [0.05, 0.1) is 17.9 Å². The predicted octanol–water partition coefficient (Wildman–Crippen LogP) is 3.25. The minimum absolute atomic E-state index is 0.191.